The van der Waals surface area contributed by atoms with Crippen molar-refractivity contribution in [2.24, 2.45) is 5.73 Å². The lowest BCUT2D eigenvalue weighted by Gasteiger charge is -2.14. The molecule has 2 nitrogen and oxygen atoms in total. The van der Waals surface area contributed by atoms with Crippen LogP contribution in [0.25, 0.3) is 0 Å². The Morgan fingerprint density at radius 2 is 2.06 bits per heavy atom. The van der Waals surface area contributed by atoms with Crippen LogP contribution >= 0.6 is 0 Å². The summed E-state index contributed by atoms with van der Waals surface area (Å²) in [5.74, 6) is 0. The van der Waals surface area contributed by atoms with Gasteiger partial charge in [-0.25, -0.2) is 0 Å². The molecule has 1 aliphatic rings. The molecular weight excluding hydrogens is 198 g/mol. The van der Waals surface area contributed by atoms with Gasteiger partial charge < -0.3 is 10.5 Å². The smallest absolute Gasteiger partial charge is 0.0721 e. The first-order valence-electron chi connectivity index (χ1n) is 6.02. The zero-order valence-corrected chi connectivity index (χ0v) is 10.2. The van der Waals surface area contributed by atoms with Gasteiger partial charge in [0.15, 0.2) is 0 Å². The van der Waals surface area contributed by atoms with Crippen molar-refractivity contribution in [2.45, 2.75) is 44.2 Å². The Morgan fingerprint density at radius 1 is 1.38 bits per heavy atom. The molecule has 2 rings (SSSR count). The number of hydrogen-bond acceptors (Lipinski definition) is 2. The molecule has 0 aliphatic heterocycles. The highest BCUT2D eigenvalue weighted by atomic mass is 16.5. The van der Waals surface area contributed by atoms with E-state index in [9.17, 15) is 0 Å². The highest BCUT2D eigenvalue weighted by molar-refractivity contribution is 5.26. The number of ether oxygens (including phenoxy) is 1. The van der Waals surface area contributed by atoms with Gasteiger partial charge in [0.1, 0.15) is 0 Å². The highest BCUT2D eigenvalue weighted by Crippen LogP contribution is 2.41. The van der Waals surface area contributed by atoms with E-state index in [0.717, 1.165) is 12.8 Å². The Bertz CT molecular complexity index is 356. The summed E-state index contributed by atoms with van der Waals surface area (Å²) in [6, 6.07) is 8.96. The van der Waals surface area contributed by atoms with Crippen molar-refractivity contribution in [3.63, 3.8) is 0 Å². The first-order chi connectivity index (χ1) is 7.63. The Kier molecular flexibility index (Phi) is 3.31. The number of nitrogens with two attached hydrogens (primary N) is 1. The molecule has 1 unspecified atom stereocenters. The van der Waals surface area contributed by atoms with Crippen molar-refractivity contribution in [2.75, 3.05) is 7.11 Å². The lowest BCUT2D eigenvalue weighted by molar-refractivity contribution is 0.0807. The van der Waals surface area contributed by atoms with E-state index in [0.29, 0.717) is 0 Å². The van der Waals surface area contributed by atoms with Gasteiger partial charge in [0.25, 0.3) is 0 Å². The molecule has 0 spiro atoms. The predicted molar refractivity (Wildman–Crippen MR) is 66.5 cm³/mol. The van der Waals surface area contributed by atoms with Gasteiger partial charge >= 0.3 is 0 Å². The third kappa shape index (κ3) is 2.83. The normalized spacial score (nSPS) is 19.4. The summed E-state index contributed by atoms with van der Waals surface area (Å²) in [7, 11) is 1.82. The zero-order chi connectivity index (χ0) is 11.6. The maximum Gasteiger partial charge on any atom is 0.0721 e. The first-order valence-corrected chi connectivity index (χ1v) is 6.02. The van der Waals surface area contributed by atoms with Gasteiger partial charge in [0.05, 0.1) is 5.60 Å². The quantitative estimate of drug-likeness (QED) is 0.824. The molecule has 1 atom stereocenters. The summed E-state index contributed by atoms with van der Waals surface area (Å²) in [6.45, 7) is 2.05. The molecule has 88 valence electrons. The van der Waals surface area contributed by atoms with Gasteiger partial charge in [-0.3, -0.25) is 0 Å². The lowest BCUT2D eigenvalue weighted by atomic mass is 10.0. The minimum atomic E-state index is 0.146. The van der Waals surface area contributed by atoms with Crippen LogP contribution in [0.5, 0.6) is 0 Å². The van der Waals surface area contributed by atoms with Crippen LogP contribution in [0, 0.1) is 0 Å². The molecule has 0 amide bonds. The monoisotopic (exact) mass is 219 g/mol. The molecule has 0 aromatic heterocycles. The van der Waals surface area contributed by atoms with Crippen molar-refractivity contribution in [3.8, 4) is 0 Å². The summed E-state index contributed by atoms with van der Waals surface area (Å²) in [4.78, 5) is 0. The Morgan fingerprint density at radius 3 is 2.62 bits per heavy atom. The number of methoxy groups -OCH3 is 1. The Labute approximate surface area is 97.8 Å². The van der Waals surface area contributed by atoms with Crippen LogP contribution in [0.1, 0.15) is 30.9 Å². The largest absolute Gasteiger partial charge is 0.378 e. The van der Waals surface area contributed by atoms with E-state index in [2.05, 4.69) is 24.3 Å². The molecule has 1 aromatic carbocycles. The third-order valence-corrected chi connectivity index (χ3v) is 3.32. The summed E-state index contributed by atoms with van der Waals surface area (Å²) in [5, 5.41) is 0. The fourth-order valence-corrected chi connectivity index (χ4v) is 2.20. The third-order valence-electron chi connectivity index (χ3n) is 3.32. The van der Waals surface area contributed by atoms with Crippen molar-refractivity contribution in [1.29, 1.82) is 0 Å². The Balaban J connectivity index is 2.04. The second kappa shape index (κ2) is 4.56. The van der Waals surface area contributed by atoms with Crippen LogP contribution in [-0.2, 0) is 17.6 Å². The molecule has 1 aromatic rings. The molecule has 1 fully saturated rings. The molecule has 0 heterocycles. The number of hydrogen-bond donors (Lipinski definition) is 1. The van der Waals surface area contributed by atoms with Gasteiger partial charge in [0, 0.05) is 19.6 Å². The van der Waals surface area contributed by atoms with Crippen LogP contribution in [-0.4, -0.2) is 18.8 Å². The van der Waals surface area contributed by atoms with E-state index < -0.39 is 0 Å². The summed E-state index contributed by atoms with van der Waals surface area (Å²) in [5.41, 5.74) is 8.67. The Hall–Kier alpha value is -0.860. The molecule has 0 saturated heterocycles. The van der Waals surface area contributed by atoms with Crippen LogP contribution in [0.4, 0.5) is 0 Å². The fourth-order valence-electron chi connectivity index (χ4n) is 2.20. The van der Waals surface area contributed by atoms with Crippen molar-refractivity contribution >= 4 is 0 Å². The number of benzene rings is 1. The van der Waals surface area contributed by atoms with Crippen LogP contribution < -0.4 is 5.73 Å². The lowest BCUT2D eigenvalue weighted by Crippen LogP contribution is -2.18. The van der Waals surface area contributed by atoms with Gasteiger partial charge in [-0.05, 0) is 37.3 Å². The zero-order valence-electron chi connectivity index (χ0n) is 10.2. The fraction of sp³-hybridized carbons (Fsp3) is 0.571. The van der Waals surface area contributed by atoms with Crippen molar-refractivity contribution in [1.82, 2.24) is 0 Å². The van der Waals surface area contributed by atoms with Crippen molar-refractivity contribution in [3.05, 3.63) is 35.4 Å². The topological polar surface area (TPSA) is 35.2 Å². The van der Waals surface area contributed by atoms with Gasteiger partial charge in [-0.1, -0.05) is 24.3 Å². The molecule has 2 N–H and O–H groups in total. The average Bonchev–Trinajstić information content (AvgIpc) is 2.98. The molecule has 16 heavy (non-hydrogen) atoms. The standard InChI is InChI=1S/C14H21NO/c1-11(15)8-12-4-3-5-13(9-12)10-14(16-2)6-7-14/h3-5,9,11H,6-8,10,15H2,1-2H3. The molecular formula is C14H21NO. The molecule has 1 saturated carbocycles. The van der Waals surface area contributed by atoms with Crippen molar-refractivity contribution < 1.29 is 4.74 Å². The van der Waals surface area contributed by atoms with E-state index in [1.807, 2.05) is 14.0 Å². The SMILES string of the molecule is COC1(Cc2cccc(CC(C)N)c2)CC1. The van der Waals surface area contributed by atoms with Crippen LogP contribution in [0.2, 0.25) is 0 Å². The molecule has 1 aliphatic carbocycles. The predicted octanol–water partition coefficient (Wildman–Crippen LogP) is 2.30. The van der Waals surface area contributed by atoms with Crippen LogP contribution in [0.3, 0.4) is 0 Å². The highest BCUT2D eigenvalue weighted by Gasteiger charge is 2.42. The van der Waals surface area contributed by atoms with Gasteiger partial charge in [-0.2, -0.15) is 0 Å². The van der Waals surface area contributed by atoms with E-state index in [-0.39, 0.29) is 11.6 Å². The minimum Gasteiger partial charge on any atom is -0.378 e. The second-order valence-electron chi connectivity index (χ2n) is 5.07. The van der Waals surface area contributed by atoms with E-state index in [1.165, 1.54) is 24.0 Å². The minimum absolute atomic E-state index is 0.146. The van der Waals surface area contributed by atoms with E-state index >= 15 is 0 Å². The summed E-state index contributed by atoms with van der Waals surface area (Å²) >= 11 is 0. The van der Waals surface area contributed by atoms with E-state index in [4.69, 9.17) is 10.5 Å². The maximum atomic E-state index is 5.82. The average molecular weight is 219 g/mol. The molecule has 2 heteroatoms. The molecule has 0 bridgehead atoms. The number of rotatable bonds is 5. The first kappa shape index (κ1) is 11.6. The van der Waals surface area contributed by atoms with E-state index in [1.54, 1.807) is 0 Å². The summed E-state index contributed by atoms with van der Waals surface area (Å²) < 4.78 is 5.55. The summed E-state index contributed by atoms with van der Waals surface area (Å²) in [6.07, 6.45) is 4.38. The second-order valence-corrected chi connectivity index (χ2v) is 5.07. The van der Waals surface area contributed by atoms with Gasteiger partial charge in [0.2, 0.25) is 0 Å². The molecule has 0 radical (unpaired) electrons. The maximum absolute atomic E-state index is 5.82. The van der Waals surface area contributed by atoms with Gasteiger partial charge in [-0.15, -0.1) is 0 Å². The van der Waals surface area contributed by atoms with Crippen LogP contribution in [0.15, 0.2) is 24.3 Å².